The van der Waals surface area contributed by atoms with Crippen LogP contribution in [-0.4, -0.2) is 30.9 Å². The van der Waals surface area contributed by atoms with Gasteiger partial charge in [-0.3, -0.25) is 4.79 Å². The highest BCUT2D eigenvalue weighted by Crippen LogP contribution is 2.25. The minimum Gasteiger partial charge on any atom is -0.494 e. The summed E-state index contributed by atoms with van der Waals surface area (Å²) in [6.45, 7) is 10.3. The van der Waals surface area contributed by atoms with E-state index in [1.165, 1.54) is 0 Å². The van der Waals surface area contributed by atoms with E-state index in [4.69, 9.17) is 14.2 Å². The molecule has 0 unspecified atom stereocenters. The zero-order valence-corrected chi connectivity index (χ0v) is 17.1. The SMILES string of the molecule is CCOc1ccc(C(=O)N/N=C\c2ccc(OC(C)C)cc2OC(C)C)cc1. The summed E-state index contributed by atoms with van der Waals surface area (Å²) in [6.07, 6.45) is 1.63. The maximum absolute atomic E-state index is 12.2. The first kappa shape index (κ1) is 21.3. The number of carbonyl (C=O) groups is 1. The van der Waals surface area contributed by atoms with Gasteiger partial charge in [0.05, 0.1) is 25.0 Å². The molecule has 0 heterocycles. The van der Waals surface area contributed by atoms with Crippen LogP contribution in [0.1, 0.15) is 50.5 Å². The van der Waals surface area contributed by atoms with Crippen LogP contribution in [0.5, 0.6) is 17.2 Å². The second-order valence-corrected chi connectivity index (χ2v) is 6.69. The van der Waals surface area contributed by atoms with Crippen molar-refractivity contribution in [3.8, 4) is 17.2 Å². The van der Waals surface area contributed by atoms with Crippen LogP contribution in [0, 0.1) is 0 Å². The number of benzene rings is 2. The molecule has 0 aromatic heterocycles. The summed E-state index contributed by atoms with van der Waals surface area (Å²) in [5, 5.41) is 4.06. The molecule has 2 aromatic rings. The van der Waals surface area contributed by atoms with Gasteiger partial charge in [0, 0.05) is 17.2 Å². The van der Waals surface area contributed by atoms with E-state index in [1.807, 2.05) is 52.8 Å². The molecule has 0 aliphatic rings. The number of nitrogens with zero attached hydrogens (tertiary/aromatic N) is 1. The first-order valence-electron chi connectivity index (χ1n) is 9.42. The molecular formula is C22H28N2O4. The highest BCUT2D eigenvalue weighted by atomic mass is 16.5. The molecule has 0 fully saturated rings. The third-order valence-electron chi connectivity index (χ3n) is 3.52. The van der Waals surface area contributed by atoms with Gasteiger partial charge in [0.15, 0.2) is 0 Å². The van der Waals surface area contributed by atoms with E-state index in [2.05, 4.69) is 10.5 Å². The molecule has 2 aromatic carbocycles. The van der Waals surface area contributed by atoms with Crippen molar-refractivity contribution in [3.05, 3.63) is 53.6 Å². The van der Waals surface area contributed by atoms with Gasteiger partial charge in [-0.05, 0) is 71.0 Å². The van der Waals surface area contributed by atoms with Gasteiger partial charge >= 0.3 is 0 Å². The Kier molecular flexibility index (Phi) is 7.87. The van der Waals surface area contributed by atoms with E-state index in [9.17, 15) is 4.79 Å². The standard InChI is InChI=1S/C22H28N2O4/c1-6-26-19-10-7-17(8-11-19)22(25)24-23-14-18-9-12-20(27-15(2)3)13-21(18)28-16(4)5/h7-16H,6H2,1-5H3,(H,24,25)/b23-14-. The van der Waals surface area contributed by atoms with Gasteiger partial charge in [-0.15, -0.1) is 0 Å². The topological polar surface area (TPSA) is 69.2 Å². The lowest BCUT2D eigenvalue weighted by Crippen LogP contribution is -2.17. The minimum absolute atomic E-state index is 0.0000969. The molecule has 6 heteroatoms. The Hall–Kier alpha value is -3.02. The number of hydrazone groups is 1. The Balaban J connectivity index is 2.08. The first-order valence-corrected chi connectivity index (χ1v) is 9.42. The van der Waals surface area contributed by atoms with Crippen LogP contribution in [0.3, 0.4) is 0 Å². The van der Waals surface area contributed by atoms with Crippen molar-refractivity contribution in [2.24, 2.45) is 5.10 Å². The molecule has 0 bridgehead atoms. The van der Waals surface area contributed by atoms with Crippen molar-refractivity contribution < 1.29 is 19.0 Å². The van der Waals surface area contributed by atoms with E-state index in [-0.39, 0.29) is 18.1 Å². The predicted octanol–water partition coefficient (Wildman–Crippen LogP) is 4.42. The summed E-state index contributed by atoms with van der Waals surface area (Å²) in [6, 6.07) is 12.4. The third-order valence-corrected chi connectivity index (χ3v) is 3.52. The summed E-state index contributed by atoms with van der Waals surface area (Å²) >= 11 is 0. The van der Waals surface area contributed by atoms with Gasteiger partial charge in [-0.2, -0.15) is 5.10 Å². The second kappa shape index (κ2) is 10.3. The number of carbonyl (C=O) groups excluding carboxylic acids is 1. The van der Waals surface area contributed by atoms with Gasteiger partial charge in [0.1, 0.15) is 17.2 Å². The summed E-state index contributed by atoms with van der Waals surface area (Å²) in [7, 11) is 0. The van der Waals surface area contributed by atoms with Crippen LogP contribution in [0.15, 0.2) is 47.6 Å². The maximum Gasteiger partial charge on any atom is 0.271 e. The van der Waals surface area contributed by atoms with Gasteiger partial charge in [-0.1, -0.05) is 0 Å². The number of ether oxygens (including phenoxy) is 3. The molecule has 0 saturated heterocycles. The van der Waals surface area contributed by atoms with Crippen molar-refractivity contribution in [3.63, 3.8) is 0 Å². The molecule has 0 spiro atoms. The molecule has 150 valence electrons. The predicted molar refractivity (Wildman–Crippen MR) is 111 cm³/mol. The molecule has 0 aliphatic heterocycles. The largest absolute Gasteiger partial charge is 0.494 e. The van der Waals surface area contributed by atoms with E-state index in [0.29, 0.717) is 17.9 Å². The number of amides is 1. The second-order valence-electron chi connectivity index (χ2n) is 6.69. The van der Waals surface area contributed by atoms with Gasteiger partial charge in [-0.25, -0.2) is 5.43 Å². The summed E-state index contributed by atoms with van der Waals surface area (Å²) in [4.78, 5) is 12.2. The molecule has 0 radical (unpaired) electrons. The van der Waals surface area contributed by atoms with Gasteiger partial charge < -0.3 is 14.2 Å². The Labute approximate surface area is 166 Å². The van der Waals surface area contributed by atoms with Crippen LogP contribution in [-0.2, 0) is 0 Å². The van der Waals surface area contributed by atoms with Crippen LogP contribution in [0.4, 0.5) is 0 Å². The fourth-order valence-corrected chi connectivity index (χ4v) is 2.42. The van der Waals surface area contributed by atoms with Crippen LogP contribution in [0.25, 0.3) is 0 Å². The molecule has 0 aliphatic carbocycles. The van der Waals surface area contributed by atoms with Crippen LogP contribution < -0.4 is 19.6 Å². The zero-order valence-electron chi connectivity index (χ0n) is 17.1. The average molecular weight is 384 g/mol. The minimum atomic E-state index is -0.301. The van der Waals surface area contributed by atoms with E-state index < -0.39 is 0 Å². The zero-order chi connectivity index (χ0) is 20.5. The van der Waals surface area contributed by atoms with Gasteiger partial charge in [0.25, 0.3) is 5.91 Å². The monoisotopic (exact) mass is 384 g/mol. The van der Waals surface area contributed by atoms with Crippen molar-refractivity contribution in [2.75, 3.05) is 6.61 Å². The van der Waals surface area contributed by atoms with Gasteiger partial charge in [0.2, 0.25) is 0 Å². The fraction of sp³-hybridized carbons (Fsp3) is 0.364. The van der Waals surface area contributed by atoms with Crippen molar-refractivity contribution in [2.45, 2.75) is 46.8 Å². The molecule has 0 atom stereocenters. The number of rotatable bonds is 9. The molecule has 1 amide bonds. The lowest BCUT2D eigenvalue weighted by Gasteiger charge is -2.15. The lowest BCUT2D eigenvalue weighted by atomic mass is 10.2. The smallest absolute Gasteiger partial charge is 0.271 e. The third kappa shape index (κ3) is 6.61. The van der Waals surface area contributed by atoms with E-state index >= 15 is 0 Å². The highest BCUT2D eigenvalue weighted by molar-refractivity contribution is 5.95. The number of hydrogen-bond acceptors (Lipinski definition) is 5. The van der Waals surface area contributed by atoms with E-state index in [0.717, 1.165) is 17.1 Å². The Morgan fingerprint density at radius 2 is 1.64 bits per heavy atom. The van der Waals surface area contributed by atoms with Crippen molar-refractivity contribution >= 4 is 12.1 Å². The normalized spacial score (nSPS) is 11.1. The Morgan fingerprint density at radius 3 is 2.25 bits per heavy atom. The Morgan fingerprint density at radius 1 is 1.00 bits per heavy atom. The number of nitrogens with one attached hydrogen (secondary N) is 1. The summed E-state index contributed by atoms with van der Waals surface area (Å²) in [5.74, 6) is 1.79. The molecule has 2 rings (SSSR count). The molecule has 0 saturated carbocycles. The van der Waals surface area contributed by atoms with Crippen molar-refractivity contribution in [1.82, 2.24) is 5.43 Å². The maximum atomic E-state index is 12.2. The fourth-order valence-electron chi connectivity index (χ4n) is 2.42. The van der Waals surface area contributed by atoms with E-state index in [1.54, 1.807) is 30.5 Å². The van der Waals surface area contributed by atoms with Crippen LogP contribution in [0.2, 0.25) is 0 Å². The Bertz CT molecular complexity index is 799. The van der Waals surface area contributed by atoms with Crippen molar-refractivity contribution in [1.29, 1.82) is 0 Å². The summed E-state index contributed by atoms with van der Waals surface area (Å²) < 4.78 is 16.9. The quantitative estimate of drug-likeness (QED) is 0.513. The lowest BCUT2D eigenvalue weighted by molar-refractivity contribution is 0.0955. The van der Waals surface area contributed by atoms with Crippen LogP contribution >= 0.6 is 0 Å². The number of hydrogen-bond donors (Lipinski definition) is 1. The molecule has 28 heavy (non-hydrogen) atoms. The summed E-state index contributed by atoms with van der Waals surface area (Å²) in [5.41, 5.74) is 3.78. The first-order chi connectivity index (χ1) is 13.4. The highest BCUT2D eigenvalue weighted by Gasteiger charge is 2.09. The molecule has 6 nitrogen and oxygen atoms in total. The molecular weight excluding hydrogens is 356 g/mol. The molecule has 1 N–H and O–H groups in total. The average Bonchev–Trinajstić information content (AvgIpc) is 2.63.